The standard InChI is InChI=1S/C27H35N5O4.ClH/c1-6-22-15-32(16-23-24(36-22)8-7-11-28-23)13-20-12-19(10-9-18(20)2)25(27(3,4)26(33)34)35-17-21-14-31(5)30-29-21;/h7-12,14,22,25H,6,13,15-17H2,1-5H3,(H,33,34);1H/t22-,25-;/m1./s1. The summed E-state index contributed by atoms with van der Waals surface area (Å²) in [5.41, 5.74) is 3.51. The minimum absolute atomic E-state index is 0. The quantitative estimate of drug-likeness (QED) is 0.433. The molecule has 0 spiro atoms. The summed E-state index contributed by atoms with van der Waals surface area (Å²) in [7, 11) is 1.78. The number of aryl methyl sites for hydroxylation is 2. The summed E-state index contributed by atoms with van der Waals surface area (Å²) in [6, 6.07) is 9.96. The molecule has 9 nitrogen and oxygen atoms in total. The summed E-state index contributed by atoms with van der Waals surface area (Å²) in [6.45, 7) is 9.92. The fraction of sp³-hybridized carbons (Fsp3) is 0.481. The molecule has 200 valence electrons. The molecule has 1 N–H and O–H groups in total. The largest absolute Gasteiger partial charge is 0.487 e. The maximum absolute atomic E-state index is 12.2. The van der Waals surface area contributed by atoms with E-state index < -0.39 is 17.5 Å². The van der Waals surface area contributed by atoms with Crippen LogP contribution in [0, 0.1) is 12.3 Å². The maximum Gasteiger partial charge on any atom is 0.312 e. The van der Waals surface area contributed by atoms with Gasteiger partial charge >= 0.3 is 5.97 Å². The third-order valence-electron chi connectivity index (χ3n) is 6.76. The Morgan fingerprint density at radius 2 is 2.11 bits per heavy atom. The number of nitrogens with zero attached hydrogens (tertiary/aromatic N) is 5. The van der Waals surface area contributed by atoms with Gasteiger partial charge in [0.1, 0.15) is 17.5 Å². The van der Waals surface area contributed by atoms with Crippen LogP contribution in [0.2, 0.25) is 0 Å². The number of aliphatic carboxylic acids is 1. The second-order valence-electron chi connectivity index (χ2n) is 10.1. The van der Waals surface area contributed by atoms with E-state index in [-0.39, 0.29) is 25.1 Å². The van der Waals surface area contributed by atoms with E-state index in [4.69, 9.17) is 9.47 Å². The summed E-state index contributed by atoms with van der Waals surface area (Å²) < 4.78 is 14.0. The highest BCUT2D eigenvalue weighted by Crippen LogP contribution is 2.38. The van der Waals surface area contributed by atoms with Crippen LogP contribution < -0.4 is 4.74 Å². The third-order valence-corrected chi connectivity index (χ3v) is 6.76. The van der Waals surface area contributed by atoms with Crippen molar-refractivity contribution in [3.8, 4) is 5.75 Å². The number of rotatable bonds is 9. The van der Waals surface area contributed by atoms with Crippen molar-refractivity contribution in [1.82, 2.24) is 24.9 Å². The molecule has 3 heterocycles. The SMILES string of the molecule is CC[C@@H]1CN(Cc2cc([C@@H](OCc3cn(C)nn3)C(C)(C)C(=O)O)ccc2C)Cc2ncccc2O1.Cl. The average molecular weight is 530 g/mol. The normalized spacial score (nSPS) is 16.7. The van der Waals surface area contributed by atoms with E-state index in [0.29, 0.717) is 18.8 Å². The van der Waals surface area contributed by atoms with E-state index in [1.807, 2.05) is 24.3 Å². The molecule has 3 aromatic rings. The molecule has 2 atom stereocenters. The summed E-state index contributed by atoms with van der Waals surface area (Å²) in [5.74, 6) is -0.0788. The Bertz CT molecular complexity index is 1220. The number of halogens is 1. The van der Waals surface area contributed by atoms with Crippen LogP contribution in [0.15, 0.2) is 42.7 Å². The van der Waals surface area contributed by atoms with E-state index in [0.717, 1.165) is 41.1 Å². The topological polar surface area (TPSA) is 103 Å². The zero-order valence-electron chi connectivity index (χ0n) is 22.0. The molecular weight excluding hydrogens is 494 g/mol. The molecule has 4 rings (SSSR count). The van der Waals surface area contributed by atoms with Crippen LogP contribution in [0.25, 0.3) is 0 Å². The van der Waals surface area contributed by atoms with Crippen LogP contribution in [0.3, 0.4) is 0 Å². The minimum Gasteiger partial charge on any atom is -0.487 e. The second kappa shape index (κ2) is 12.0. The lowest BCUT2D eigenvalue weighted by atomic mass is 9.81. The van der Waals surface area contributed by atoms with Crippen LogP contribution in [-0.4, -0.2) is 48.6 Å². The number of carbonyl (C=O) groups is 1. The number of carboxylic acids is 1. The molecular formula is C27H36ClN5O4. The Balaban J connectivity index is 0.00000380. The molecule has 1 aliphatic rings. The molecule has 0 aliphatic carbocycles. The molecule has 10 heteroatoms. The zero-order chi connectivity index (χ0) is 25.9. The van der Waals surface area contributed by atoms with Crippen molar-refractivity contribution in [3.63, 3.8) is 0 Å². The molecule has 1 aromatic carbocycles. The predicted octanol–water partition coefficient (Wildman–Crippen LogP) is 4.48. The summed E-state index contributed by atoms with van der Waals surface area (Å²) in [5, 5.41) is 18.0. The molecule has 0 saturated carbocycles. The minimum atomic E-state index is -1.15. The van der Waals surface area contributed by atoms with Gasteiger partial charge in [-0.2, -0.15) is 0 Å². The van der Waals surface area contributed by atoms with E-state index in [1.54, 1.807) is 38.0 Å². The van der Waals surface area contributed by atoms with Crippen molar-refractivity contribution < 1.29 is 19.4 Å². The van der Waals surface area contributed by atoms with Gasteiger partial charge in [-0.25, -0.2) is 0 Å². The predicted molar refractivity (Wildman–Crippen MR) is 141 cm³/mol. The number of carboxylic acid groups (broad SMARTS) is 1. The van der Waals surface area contributed by atoms with Crippen molar-refractivity contribution in [3.05, 3.63) is 70.8 Å². The number of aromatic nitrogens is 4. The summed E-state index contributed by atoms with van der Waals surface area (Å²) >= 11 is 0. The Hall–Kier alpha value is -3.01. The average Bonchev–Trinajstić information content (AvgIpc) is 3.16. The van der Waals surface area contributed by atoms with E-state index >= 15 is 0 Å². The lowest BCUT2D eigenvalue weighted by molar-refractivity contribution is -0.158. The molecule has 0 bridgehead atoms. The van der Waals surface area contributed by atoms with Gasteiger partial charge in [0.2, 0.25) is 0 Å². The Labute approximate surface area is 224 Å². The molecule has 0 fully saturated rings. The Morgan fingerprint density at radius 1 is 1.32 bits per heavy atom. The van der Waals surface area contributed by atoms with Gasteiger partial charge in [0.25, 0.3) is 0 Å². The number of pyridine rings is 1. The number of hydrogen-bond acceptors (Lipinski definition) is 7. The molecule has 37 heavy (non-hydrogen) atoms. The van der Waals surface area contributed by atoms with Crippen molar-refractivity contribution in [2.75, 3.05) is 6.54 Å². The monoisotopic (exact) mass is 529 g/mol. The highest BCUT2D eigenvalue weighted by molar-refractivity contribution is 5.85. The van der Waals surface area contributed by atoms with E-state index in [2.05, 4.69) is 40.1 Å². The molecule has 0 amide bonds. The van der Waals surface area contributed by atoms with Gasteiger partial charge in [-0.3, -0.25) is 19.4 Å². The van der Waals surface area contributed by atoms with E-state index in [1.165, 1.54) is 0 Å². The summed E-state index contributed by atoms with van der Waals surface area (Å²) in [6.07, 6.45) is 3.87. The van der Waals surface area contributed by atoms with Gasteiger partial charge < -0.3 is 14.6 Å². The molecule has 0 radical (unpaired) electrons. The van der Waals surface area contributed by atoms with Crippen molar-refractivity contribution >= 4 is 18.4 Å². The fourth-order valence-corrected chi connectivity index (χ4v) is 4.49. The fourth-order valence-electron chi connectivity index (χ4n) is 4.49. The smallest absolute Gasteiger partial charge is 0.312 e. The van der Waals surface area contributed by atoms with Crippen LogP contribution in [-0.2, 0) is 36.3 Å². The maximum atomic E-state index is 12.2. The number of benzene rings is 1. The van der Waals surface area contributed by atoms with Crippen molar-refractivity contribution in [1.29, 1.82) is 0 Å². The molecule has 1 aliphatic heterocycles. The second-order valence-corrected chi connectivity index (χ2v) is 10.1. The highest BCUT2D eigenvalue weighted by Gasteiger charge is 2.39. The van der Waals surface area contributed by atoms with E-state index in [9.17, 15) is 9.90 Å². The van der Waals surface area contributed by atoms with Crippen molar-refractivity contribution in [2.24, 2.45) is 12.5 Å². The van der Waals surface area contributed by atoms with Gasteiger partial charge in [0.15, 0.2) is 0 Å². The Morgan fingerprint density at radius 3 is 2.78 bits per heavy atom. The zero-order valence-corrected chi connectivity index (χ0v) is 22.9. The van der Waals surface area contributed by atoms with Gasteiger partial charge in [0.05, 0.1) is 30.0 Å². The Kier molecular flexibility index (Phi) is 9.28. The van der Waals surface area contributed by atoms with Gasteiger partial charge in [-0.15, -0.1) is 17.5 Å². The first-order chi connectivity index (χ1) is 17.2. The first-order valence-electron chi connectivity index (χ1n) is 12.3. The van der Waals surface area contributed by atoms with Gasteiger partial charge in [-0.05, 0) is 56.0 Å². The highest BCUT2D eigenvalue weighted by atomic mass is 35.5. The van der Waals surface area contributed by atoms with Gasteiger partial charge in [0, 0.05) is 32.9 Å². The van der Waals surface area contributed by atoms with Crippen LogP contribution in [0.4, 0.5) is 0 Å². The van der Waals surface area contributed by atoms with Gasteiger partial charge in [-0.1, -0.05) is 30.3 Å². The molecule has 0 saturated heterocycles. The van der Waals surface area contributed by atoms with Crippen LogP contribution in [0.1, 0.15) is 61.4 Å². The van der Waals surface area contributed by atoms with Crippen LogP contribution in [0.5, 0.6) is 5.75 Å². The molecule has 0 unspecified atom stereocenters. The first-order valence-corrected chi connectivity index (χ1v) is 12.3. The number of ether oxygens (including phenoxy) is 2. The lowest BCUT2D eigenvalue weighted by Crippen LogP contribution is -2.34. The number of hydrogen-bond donors (Lipinski definition) is 1. The van der Waals surface area contributed by atoms with Crippen molar-refractivity contribution in [2.45, 2.75) is 66.0 Å². The number of fused-ring (bicyclic) bond motifs is 1. The molecule has 2 aromatic heterocycles. The summed E-state index contributed by atoms with van der Waals surface area (Å²) in [4.78, 5) is 19.1. The van der Waals surface area contributed by atoms with Crippen LogP contribution >= 0.6 is 12.4 Å². The third kappa shape index (κ3) is 6.66. The lowest BCUT2D eigenvalue weighted by Gasteiger charge is -2.31. The first kappa shape index (κ1) is 28.6.